The SMILES string of the molecule is O=S(=O)(NCCC1CCCCO1)c1cc(CO)ccc1Cl. The van der Waals surface area contributed by atoms with Gasteiger partial charge in [0.25, 0.3) is 0 Å². The average Bonchev–Trinajstić information content (AvgIpc) is 2.48. The molecule has 1 aliphatic heterocycles. The summed E-state index contributed by atoms with van der Waals surface area (Å²) < 4.78 is 32.6. The fraction of sp³-hybridized carbons (Fsp3) is 0.571. The molecule has 1 heterocycles. The van der Waals surface area contributed by atoms with Gasteiger partial charge in [-0.25, -0.2) is 13.1 Å². The lowest BCUT2D eigenvalue weighted by Crippen LogP contribution is -2.29. The third-order valence-corrected chi connectivity index (χ3v) is 5.44. The van der Waals surface area contributed by atoms with Gasteiger partial charge in [-0.05, 0) is 43.4 Å². The Hall–Kier alpha value is -0.660. The quantitative estimate of drug-likeness (QED) is 0.835. The van der Waals surface area contributed by atoms with Crippen LogP contribution < -0.4 is 4.72 Å². The fourth-order valence-corrected chi connectivity index (χ4v) is 3.91. The molecule has 1 aromatic rings. The molecule has 0 radical (unpaired) electrons. The number of hydrogen-bond acceptors (Lipinski definition) is 4. The molecule has 2 rings (SSSR count). The third kappa shape index (κ3) is 4.66. The van der Waals surface area contributed by atoms with Gasteiger partial charge < -0.3 is 9.84 Å². The predicted octanol–water partition coefficient (Wildman–Crippen LogP) is 2.07. The second-order valence-corrected chi connectivity index (χ2v) is 7.24. The number of halogens is 1. The van der Waals surface area contributed by atoms with Crippen LogP contribution in [0.2, 0.25) is 5.02 Å². The minimum atomic E-state index is -3.67. The number of benzene rings is 1. The molecule has 0 saturated carbocycles. The van der Waals surface area contributed by atoms with E-state index < -0.39 is 10.0 Å². The first-order valence-corrected chi connectivity index (χ1v) is 8.89. The number of ether oxygens (including phenoxy) is 1. The highest BCUT2D eigenvalue weighted by molar-refractivity contribution is 7.89. The summed E-state index contributed by atoms with van der Waals surface area (Å²) in [7, 11) is -3.67. The molecule has 1 aliphatic rings. The first-order chi connectivity index (χ1) is 10.0. The lowest BCUT2D eigenvalue weighted by Gasteiger charge is -2.22. The minimum Gasteiger partial charge on any atom is -0.392 e. The summed E-state index contributed by atoms with van der Waals surface area (Å²) in [5.41, 5.74) is 0.510. The lowest BCUT2D eigenvalue weighted by atomic mass is 10.1. The molecule has 7 heteroatoms. The summed E-state index contributed by atoms with van der Waals surface area (Å²) in [5, 5.41) is 9.24. The van der Waals surface area contributed by atoms with Crippen molar-refractivity contribution in [2.24, 2.45) is 0 Å². The Morgan fingerprint density at radius 2 is 2.19 bits per heavy atom. The molecular weight excluding hydrogens is 314 g/mol. The van der Waals surface area contributed by atoms with Crippen molar-refractivity contribution in [1.29, 1.82) is 0 Å². The van der Waals surface area contributed by atoms with Crippen LogP contribution in [-0.2, 0) is 21.4 Å². The second kappa shape index (κ2) is 7.56. The van der Waals surface area contributed by atoms with Gasteiger partial charge >= 0.3 is 0 Å². The summed E-state index contributed by atoms with van der Waals surface area (Å²) >= 11 is 5.94. The predicted molar refractivity (Wildman–Crippen MR) is 80.8 cm³/mol. The summed E-state index contributed by atoms with van der Waals surface area (Å²) in [6.07, 6.45) is 3.95. The van der Waals surface area contributed by atoms with Crippen LogP contribution >= 0.6 is 11.6 Å². The summed E-state index contributed by atoms with van der Waals surface area (Å²) in [4.78, 5) is 0.000259. The van der Waals surface area contributed by atoms with Crippen LogP contribution in [0.5, 0.6) is 0 Å². The van der Waals surface area contributed by atoms with Crippen molar-refractivity contribution in [2.75, 3.05) is 13.2 Å². The Balaban J connectivity index is 1.97. The van der Waals surface area contributed by atoms with Gasteiger partial charge in [-0.1, -0.05) is 17.7 Å². The summed E-state index contributed by atoms with van der Waals surface area (Å²) in [6, 6.07) is 4.46. The first kappa shape index (κ1) is 16.7. The molecule has 0 amide bonds. The summed E-state index contributed by atoms with van der Waals surface area (Å²) in [6.45, 7) is 0.837. The van der Waals surface area contributed by atoms with E-state index in [0.29, 0.717) is 18.5 Å². The molecule has 0 spiro atoms. The standard InChI is InChI=1S/C14H20ClNO4S/c15-13-5-4-11(10-17)9-14(13)21(18,19)16-7-6-12-3-1-2-8-20-12/h4-5,9,12,16-17H,1-3,6-8,10H2. The van der Waals surface area contributed by atoms with E-state index in [1.807, 2.05) is 0 Å². The molecule has 1 atom stereocenters. The Morgan fingerprint density at radius 1 is 1.38 bits per heavy atom. The zero-order valence-corrected chi connectivity index (χ0v) is 13.3. The van der Waals surface area contributed by atoms with Gasteiger partial charge in [0.05, 0.1) is 17.7 Å². The van der Waals surface area contributed by atoms with Crippen molar-refractivity contribution in [3.8, 4) is 0 Å². The van der Waals surface area contributed by atoms with Gasteiger partial charge in [-0.15, -0.1) is 0 Å². The van der Waals surface area contributed by atoms with Gasteiger partial charge in [-0.2, -0.15) is 0 Å². The van der Waals surface area contributed by atoms with Crippen molar-refractivity contribution >= 4 is 21.6 Å². The zero-order chi connectivity index (χ0) is 15.3. The smallest absolute Gasteiger partial charge is 0.242 e. The van der Waals surface area contributed by atoms with E-state index in [-0.39, 0.29) is 22.6 Å². The Bertz CT molecular complexity index is 570. The molecule has 0 aliphatic carbocycles. The highest BCUT2D eigenvalue weighted by Crippen LogP contribution is 2.23. The maximum atomic E-state index is 12.2. The summed E-state index contributed by atoms with van der Waals surface area (Å²) in [5.74, 6) is 0. The molecule has 0 bridgehead atoms. The Labute approximate surface area is 130 Å². The topological polar surface area (TPSA) is 75.6 Å². The Morgan fingerprint density at radius 3 is 2.86 bits per heavy atom. The molecule has 118 valence electrons. The van der Waals surface area contributed by atoms with Crippen LogP contribution in [0, 0.1) is 0 Å². The fourth-order valence-electron chi connectivity index (χ4n) is 2.32. The van der Waals surface area contributed by atoms with Crippen molar-refractivity contribution in [1.82, 2.24) is 4.72 Å². The molecule has 0 aromatic heterocycles. The first-order valence-electron chi connectivity index (χ1n) is 7.03. The highest BCUT2D eigenvalue weighted by atomic mass is 35.5. The van der Waals surface area contributed by atoms with Gasteiger partial charge in [-0.3, -0.25) is 0 Å². The van der Waals surface area contributed by atoms with Crippen LogP contribution in [0.1, 0.15) is 31.2 Å². The molecule has 5 nitrogen and oxygen atoms in total. The van der Waals surface area contributed by atoms with Crippen molar-refractivity contribution in [2.45, 2.75) is 43.3 Å². The molecule has 1 unspecified atom stereocenters. The molecule has 21 heavy (non-hydrogen) atoms. The number of sulfonamides is 1. The van der Waals surface area contributed by atoms with Gasteiger partial charge in [0.15, 0.2) is 0 Å². The van der Waals surface area contributed by atoms with Gasteiger partial charge in [0, 0.05) is 13.2 Å². The normalized spacial score (nSPS) is 19.6. The molecule has 1 fully saturated rings. The average molecular weight is 334 g/mol. The molecule has 1 saturated heterocycles. The molecular formula is C14H20ClNO4S. The molecule has 2 N–H and O–H groups in total. The maximum absolute atomic E-state index is 12.2. The van der Waals surface area contributed by atoms with E-state index in [0.717, 1.165) is 25.9 Å². The molecule has 1 aromatic carbocycles. The number of aliphatic hydroxyl groups is 1. The number of nitrogens with one attached hydrogen (secondary N) is 1. The van der Waals surface area contributed by atoms with E-state index >= 15 is 0 Å². The van der Waals surface area contributed by atoms with Crippen LogP contribution in [0.15, 0.2) is 23.1 Å². The van der Waals surface area contributed by atoms with Crippen LogP contribution in [0.3, 0.4) is 0 Å². The van der Waals surface area contributed by atoms with E-state index in [4.69, 9.17) is 21.4 Å². The zero-order valence-electron chi connectivity index (χ0n) is 11.7. The number of rotatable bonds is 6. The van der Waals surface area contributed by atoms with Gasteiger partial charge in [0.1, 0.15) is 4.90 Å². The van der Waals surface area contributed by atoms with Crippen molar-refractivity contribution in [3.05, 3.63) is 28.8 Å². The second-order valence-electron chi connectivity index (χ2n) is 5.10. The Kier molecular flexibility index (Phi) is 6.01. The monoisotopic (exact) mass is 333 g/mol. The van der Waals surface area contributed by atoms with Crippen LogP contribution in [0.25, 0.3) is 0 Å². The van der Waals surface area contributed by atoms with E-state index in [1.165, 1.54) is 12.1 Å². The van der Waals surface area contributed by atoms with E-state index in [1.54, 1.807) is 6.07 Å². The van der Waals surface area contributed by atoms with Crippen molar-refractivity contribution in [3.63, 3.8) is 0 Å². The van der Waals surface area contributed by atoms with Crippen LogP contribution in [-0.4, -0.2) is 32.8 Å². The largest absolute Gasteiger partial charge is 0.392 e. The van der Waals surface area contributed by atoms with Crippen molar-refractivity contribution < 1.29 is 18.3 Å². The highest BCUT2D eigenvalue weighted by Gasteiger charge is 2.20. The van der Waals surface area contributed by atoms with Gasteiger partial charge in [0.2, 0.25) is 10.0 Å². The van der Waals surface area contributed by atoms with Crippen LogP contribution in [0.4, 0.5) is 0 Å². The maximum Gasteiger partial charge on any atom is 0.242 e. The minimum absolute atomic E-state index is 0.000259. The number of aliphatic hydroxyl groups excluding tert-OH is 1. The van der Waals surface area contributed by atoms with E-state index in [9.17, 15) is 8.42 Å². The third-order valence-electron chi connectivity index (χ3n) is 3.50. The number of hydrogen-bond donors (Lipinski definition) is 2. The van der Waals surface area contributed by atoms with E-state index in [2.05, 4.69) is 4.72 Å². The lowest BCUT2D eigenvalue weighted by molar-refractivity contribution is 0.0123.